The van der Waals surface area contributed by atoms with Gasteiger partial charge in [0.05, 0.1) is 0 Å². The van der Waals surface area contributed by atoms with Crippen LogP contribution in [-0.4, -0.2) is 25.0 Å². The van der Waals surface area contributed by atoms with Gasteiger partial charge in [-0.05, 0) is 43.4 Å². The van der Waals surface area contributed by atoms with E-state index >= 15 is 0 Å². The molecule has 5 heteroatoms. The molecule has 0 unspecified atom stereocenters. The Bertz CT molecular complexity index is 836. The predicted octanol–water partition coefficient (Wildman–Crippen LogP) is 5.18. The molecule has 0 bridgehead atoms. The first kappa shape index (κ1) is 19.9. The second kappa shape index (κ2) is 10.5. The highest BCUT2D eigenvalue weighted by molar-refractivity contribution is 5.96. The fourth-order valence-electron chi connectivity index (χ4n) is 3.14. The van der Waals surface area contributed by atoms with E-state index < -0.39 is 0 Å². The van der Waals surface area contributed by atoms with E-state index in [1.54, 1.807) is 6.07 Å². The van der Waals surface area contributed by atoms with E-state index in [4.69, 9.17) is 9.15 Å². The second-order valence-corrected chi connectivity index (χ2v) is 6.99. The van der Waals surface area contributed by atoms with Crippen LogP contribution in [0.5, 0.6) is 0 Å². The van der Waals surface area contributed by atoms with Gasteiger partial charge >= 0.3 is 5.97 Å². The maximum absolute atomic E-state index is 12.1. The largest absolute Gasteiger partial charge is 0.461 e. The van der Waals surface area contributed by atoms with Gasteiger partial charge in [-0.25, -0.2) is 0 Å². The summed E-state index contributed by atoms with van der Waals surface area (Å²) in [6.07, 6.45) is 12.4. The Morgan fingerprint density at radius 1 is 1.11 bits per heavy atom. The third-order valence-corrected chi connectivity index (χ3v) is 4.71. The lowest BCUT2D eigenvalue weighted by molar-refractivity contribution is -0.142. The molecule has 1 aromatic heterocycles. The zero-order valence-corrected chi connectivity index (χ0v) is 16.1. The summed E-state index contributed by atoms with van der Waals surface area (Å²) in [6.45, 7) is 0.976. The summed E-state index contributed by atoms with van der Waals surface area (Å²) in [5, 5.41) is 3.81. The minimum atomic E-state index is -0.189. The molecule has 1 aliphatic rings. The number of ether oxygens (including phenoxy) is 1. The first-order chi connectivity index (χ1) is 13.7. The maximum atomic E-state index is 12.1. The van der Waals surface area contributed by atoms with Gasteiger partial charge in [-0.3, -0.25) is 9.59 Å². The van der Waals surface area contributed by atoms with Gasteiger partial charge < -0.3 is 14.5 Å². The van der Waals surface area contributed by atoms with Crippen LogP contribution in [-0.2, 0) is 9.53 Å². The van der Waals surface area contributed by atoms with Crippen molar-refractivity contribution in [2.75, 3.05) is 13.2 Å². The standard InChI is InChI=1S/C23H27NO4.H2/c25-22(27-17-18-10-4-3-5-11-18)14-6-1-2-9-15-24-23(26)21-16-19-12-7-8-13-20(19)28-21;/h4,7-8,10-13,16H,1-3,5-6,9,14-15,17H2,(H,24,26);1H. The van der Waals surface area contributed by atoms with Gasteiger partial charge in [0.2, 0.25) is 0 Å². The normalized spacial score (nSPS) is 13.4. The number of esters is 1. The van der Waals surface area contributed by atoms with Crippen LogP contribution >= 0.6 is 0 Å². The number of para-hydroxylation sites is 1. The fraction of sp³-hybridized carbons (Fsp3) is 0.391. The van der Waals surface area contributed by atoms with Crippen LogP contribution in [0.2, 0.25) is 0 Å². The third-order valence-electron chi connectivity index (χ3n) is 4.71. The number of amides is 1. The van der Waals surface area contributed by atoms with Crippen molar-refractivity contribution < 1.29 is 20.2 Å². The van der Waals surface area contributed by atoms with E-state index in [1.165, 1.54) is 0 Å². The lowest BCUT2D eigenvalue weighted by Crippen LogP contribution is -2.23. The molecule has 150 valence electrons. The number of furan rings is 1. The van der Waals surface area contributed by atoms with E-state index in [-0.39, 0.29) is 13.3 Å². The molecule has 2 aromatic rings. The molecule has 0 aliphatic heterocycles. The molecule has 1 N–H and O–H groups in total. The summed E-state index contributed by atoms with van der Waals surface area (Å²) in [5.74, 6) is 0.00998. The lowest BCUT2D eigenvalue weighted by Gasteiger charge is -2.08. The van der Waals surface area contributed by atoms with Crippen molar-refractivity contribution in [3.05, 3.63) is 59.9 Å². The predicted molar refractivity (Wildman–Crippen MR) is 111 cm³/mol. The minimum absolute atomic E-state index is 0. The summed E-state index contributed by atoms with van der Waals surface area (Å²) < 4.78 is 10.8. The molecule has 1 amide bonds. The molecule has 0 saturated heterocycles. The Balaban J connectivity index is 0.00000300. The zero-order valence-electron chi connectivity index (χ0n) is 16.1. The van der Waals surface area contributed by atoms with Crippen molar-refractivity contribution in [3.8, 4) is 0 Å². The van der Waals surface area contributed by atoms with E-state index in [0.29, 0.717) is 25.3 Å². The smallest absolute Gasteiger partial charge is 0.306 e. The summed E-state index contributed by atoms with van der Waals surface area (Å²) in [4.78, 5) is 23.9. The molecule has 5 nitrogen and oxygen atoms in total. The van der Waals surface area contributed by atoms with E-state index in [0.717, 1.165) is 55.1 Å². The monoisotopic (exact) mass is 383 g/mol. The van der Waals surface area contributed by atoms with Crippen LogP contribution in [0, 0.1) is 0 Å². The number of unbranched alkanes of at least 4 members (excludes halogenated alkanes) is 3. The van der Waals surface area contributed by atoms with Crippen LogP contribution in [0.1, 0.15) is 56.9 Å². The van der Waals surface area contributed by atoms with Crippen LogP contribution < -0.4 is 5.32 Å². The van der Waals surface area contributed by atoms with Gasteiger partial charge in [0.25, 0.3) is 5.91 Å². The van der Waals surface area contributed by atoms with Crippen LogP contribution in [0.15, 0.2) is 58.6 Å². The summed E-state index contributed by atoms with van der Waals surface area (Å²) >= 11 is 0. The Morgan fingerprint density at radius 3 is 2.79 bits per heavy atom. The molecular formula is C23H29NO4. The number of carbonyl (C=O) groups is 2. The van der Waals surface area contributed by atoms with Crippen LogP contribution in [0.25, 0.3) is 11.0 Å². The highest BCUT2D eigenvalue weighted by atomic mass is 16.5. The molecule has 1 aromatic carbocycles. The van der Waals surface area contributed by atoms with Gasteiger partial charge in [0.1, 0.15) is 12.2 Å². The Morgan fingerprint density at radius 2 is 1.96 bits per heavy atom. The molecular weight excluding hydrogens is 354 g/mol. The summed E-state index contributed by atoms with van der Waals surface area (Å²) in [7, 11) is 0. The number of benzene rings is 1. The second-order valence-electron chi connectivity index (χ2n) is 6.99. The number of carbonyl (C=O) groups excluding carboxylic acids is 2. The summed E-state index contributed by atoms with van der Waals surface area (Å²) in [5.41, 5.74) is 1.80. The van der Waals surface area contributed by atoms with Gasteiger partial charge in [-0.1, -0.05) is 49.3 Å². The van der Waals surface area contributed by atoms with Gasteiger partial charge in [-0.2, -0.15) is 0 Å². The Labute approximate surface area is 166 Å². The lowest BCUT2D eigenvalue weighted by atomic mass is 10.1. The molecule has 1 aliphatic carbocycles. The topological polar surface area (TPSA) is 68.5 Å². The fourth-order valence-corrected chi connectivity index (χ4v) is 3.14. The molecule has 1 heterocycles. The minimum Gasteiger partial charge on any atom is -0.461 e. The molecule has 0 fully saturated rings. The van der Waals surface area contributed by atoms with Crippen molar-refractivity contribution >= 4 is 22.8 Å². The maximum Gasteiger partial charge on any atom is 0.306 e. The molecule has 0 radical (unpaired) electrons. The quantitative estimate of drug-likeness (QED) is 0.453. The highest BCUT2D eigenvalue weighted by Crippen LogP contribution is 2.18. The van der Waals surface area contributed by atoms with Crippen molar-refractivity contribution in [2.45, 2.75) is 44.9 Å². The molecule has 3 rings (SSSR count). The average molecular weight is 383 g/mol. The number of allylic oxidation sites excluding steroid dienone is 2. The zero-order chi connectivity index (χ0) is 19.6. The average Bonchev–Trinajstić information content (AvgIpc) is 3.16. The van der Waals surface area contributed by atoms with E-state index in [9.17, 15) is 9.59 Å². The molecule has 0 spiro atoms. The molecule has 0 saturated carbocycles. The Hall–Kier alpha value is -2.82. The highest BCUT2D eigenvalue weighted by Gasteiger charge is 2.11. The number of hydrogen-bond acceptors (Lipinski definition) is 4. The van der Waals surface area contributed by atoms with Gasteiger partial charge in [0.15, 0.2) is 5.76 Å². The number of hydrogen-bond donors (Lipinski definition) is 1. The molecule has 0 atom stereocenters. The first-order valence-electron chi connectivity index (χ1n) is 10.0. The first-order valence-corrected chi connectivity index (χ1v) is 10.0. The van der Waals surface area contributed by atoms with Crippen molar-refractivity contribution in [1.82, 2.24) is 5.32 Å². The van der Waals surface area contributed by atoms with Crippen molar-refractivity contribution in [1.29, 1.82) is 0 Å². The Kier molecular flexibility index (Phi) is 7.47. The van der Waals surface area contributed by atoms with Crippen LogP contribution in [0.3, 0.4) is 0 Å². The van der Waals surface area contributed by atoms with Gasteiger partial charge in [0, 0.05) is 19.8 Å². The van der Waals surface area contributed by atoms with Crippen LogP contribution in [0.4, 0.5) is 0 Å². The molecule has 28 heavy (non-hydrogen) atoms. The van der Waals surface area contributed by atoms with E-state index in [2.05, 4.69) is 17.5 Å². The summed E-state index contributed by atoms with van der Waals surface area (Å²) in [6, 6.07) is 9.33. The third kappa shape index (κ3) is 6.12. The van der Waals surface area contributed by atoms with Gasteiger partial charge in [-0.15, -0.1) is 0 Å². The number of nitrogens with one attached hydrogen (secondary N) is 1. The van der Waals surface area contributed by atoms with Crippen molar-refractivity contribution in [3.63, 3.8) is 0 Å². The number of fused-ring (bicyclic) bond motifs is 1. The number of rotatable bonds is 10. The van der Waals surface area contributed by atoms with E-state index in [1.807, 2.05) is 30.3 Å². The SMILES string of the molecule is O=C(CCCCCCNC(=O)c1cc2ccccc2o1)OCC1=CCCC=C1.[HH]. The van der Waals surface area contributed by atoms with Crippen molar-refractivity contribution in [2.24, 2.45) is 0 Å².